The molecule has 0 aromatic heterocycles. The topological polar surface area (TPSA) is 21.6 Å². The molecule has 0 N–H and O–H groups in total. The lowest BCUT2D eigenvalue weighted by Gasteiger charge is -2.17. The number of hydrogen-bond acceptors (Lipinski definition) is 3. The molecule has 28 heavy (non-hydrogen) atoms. The first-order chi connectivity index (χ1) is 13.6. The Hall–Kier alpha value is -2.37. The highest BCUT2D eigenvalue weighted by Crippen LogP contribution is 2.45. The molecule has 0 aliphatic carbocycles. The van der Waals surface area contributed by atoms with Crippen LogP contribution in [0, 0.1) is 0 Å². The zero-order chi connectivity index (χ0) is 19.5. The van der Waals surface area contributed by atoms with Crippen LogP contribution < -0.4 is 4.74 Å². The summed E-state index contributed by atoms with van der Waals surface area (Å²) in [7, 11) is 0. The van der Waals surface area contributed by atoms with Crippen molar-refractivity contribution in [3.05, 3.63) is 88.9 Å². The lowest BCUT2D eigenvalue weighted by Crippen LogP contribution is -2.06. The highest BCUT2D eigenvalue weighted by atomic mass is 35.5. The van der Waals surface area contributed by atoms with Gasteiger partial charge in [0.1, 0.15) is 5.75 Å². The molecule has 0 fully saturated rings. The van der Waals surface area contributed by atoms with Gasteiger partial charge >= 0.3 is 6.61 Å². The molecule has 142 valence electrons. The van der Waals surface area contributed by atoms with Gasteiger partial charge in [0, 0.05) is 27.3 Å². The number of para-hydroxylation sites is 1. The number of ether oxygens (including phenoxy) is 1. The number of thioether (sulfide) groups is 1. The number of benzene rings is 3. The SMILES string of the molecule is FC(F)Oc1ccc(C2CC(c3ccc(Cl)cc3)=Nc3ccccc3S2)cc1. The van der Waals surface area contributed by atoms with Crippen molar-refractivity contribution < 1.29 is 13.5 Å². The van der Waals surface area contributed by atoms with Gasteiger partial charge in [-0.25, -0.2) is 0 Å². The van der Waals surface area contributed by atoms with Crippen LogP contribution in [-0.4, -0.2) is 12.3 Å². The minimum absolute atomic E-state index is 0.0960. The summed E-state index contributed by atoms with van der Waals surface area (Å²) in [5, 5.41) is 0.776. The molecule has 0 spiro atoms. The van der Waals surface area contributed by atoms with Crippen LogP contribution >= 0.6 is 23.4 Å². The third kappa shape index (κ3) is 4.37. The Balaban J connectivity index is 1.69. The molecule has 6 heteroatoms. The predicted octanol–water partition coefficient (Wildman–Crippen LogP) is 7.30. The second kappa shape index (κ2) is 8.33. The van der Waals surface area contributed by atoms with Gasteiger partial charge in [-0.3, -0.25) is 4.99 Å². The molecular weight excluding hydrogens is 400 g/mol. The zero-order valence-electron chi connectivity index (χ0n) is 14.7. The molecular formula is C22H16ClF2NOS. The average molecular weight is 416 g/mol. The number of alkyl halides is 2. The first-order valence-corrected chi connectivity index (χ1v) is 9.98. The van der Waals surface area contributed by atoms with E-state index >= 15 is 0 Å². The van der Waals surface area contributed by atoms with Gasteiger partial charge in [0.2, 0.25) is 0 Å². The minimum Gasteiger partial charge on any atom is -0.435 e. The number of aliphatic imine (C=N–C) groups is 1. The second-order valence-electron chi connectivity index (χ2n) is 6.29. The van der Waals surface area contributed by atoms with E-state index in [0.29, 0.717) is 11.4 Å². The molecule has 2 nitrogen and oxygen atoms in total. The summed E-state index contributed by atoms with van der Waals surface area (Å²) in [4.78, 5) is 5.99. The first-order valence-electron chi connectivity index (χ1n) is 8.72. The molecule has 0 saturated heterocycles. The van der Waals surface area contributed by atoms with E-state index in [4.69, 9.17) is 16.6 Å². The third-order valence-electron chi connectivity index (χ3n) is 4.42. The predicted molar refractivity (Wildman–Crippen MR) is 110 cm³/mol. The standard InChI is InChI=1S/C22H16ClF2NOS/c23-16-9-5-14(6-10-16)19-13-21(28-20-4-2-1-3-18(20)26-19)15-7-11-17(12-8-15)27-22(24)25/h1-12,21-22H,13H2. The molecule has 3 aromatic carbocycles. The molecule has 1 atom stereocenters. The lowest BCUT2D eigenvalue weighted by atomic mass is 10.0. The number of hydrogen-bond donors (Lipinski definition) is 0. The van der Waals surface area contributed by atoms with E-state index < -0.39 is 6.61 Å². The van der Waals surface area contributed by atoms with Gasteiger partial charge in [0.15, 0.2) is 0 Å². The van der Waals surface area contributed by atoms with Crippen molar-refractivity contribution in [2.45, 2.75) is 23.2 Å². The molecule has 0 amide bonds. The van der Waals surface area contributed by atoms with Gasteiger partial charge in [-0.1, -0.05) is 48.0 Å². The van der Waals surface area contributed by atoms with Crippen LogP contribution in [0.4, 0.5) is 14.5 Å². The molecule has 0 bridgehead atoms. The Morgan fingerprint density at radius 3 is 2.39 bits per heavy atom. The van der Waals surface area contributed by atoms with Crippen LogP contribution in [0.1, 0.15) is 22.8 Å². The molecule has 3 aromatic rings. The van der Waals surface area contributed by atoms with E-state index in [-0.39, 0.29) is 11.0 Å². The highest BCUT2D eigenvalue weighted by molar-refractivity contribution is 7.99. The largest absolute Gasteiger partial charge is 0.435 e. The van der Waals surface area contributed by atoms with Crippen molar-refractivity contribution in [1.29, 1.82) is 0 Å². The molecule has 1 aliphatic rings. The summed E-state index contributed by atoms with van der Waals surface area (Å²) in [6.07, 6.45) is 0.704. The maximum Gasteiger partial charge on any atom is 0.387 e. The lowest BCUT2D eigenvalue weighted by molar-refractivity contribution is -0.0498. The van der Waals surface area contributed by atoms with Crippen LogP contribution in [0.2, 0.25) is 5.02 Å². The van der Waals surface area contributed by atoms with Crippen molar-refractivity contribution in [3.8, 4) is 5.75 Å². The van der Waals surface area contributed by atoms with Gasteiger partial charge in [-0.15, -0.1) is 11.8 Å². The van der Waals surface area contributed by atoms with E-state index in [1.54, 1.807) is 23.9 Å². The normalized spacial score (nSPS) is 16.3. The molecule has 1 unspecified atom stereocenters. The Bertz CT molecular complexity index is 990. The molecule has 4 rings (SSSR count). The van der Waals surface area contributed by atoms with Gasteiger partial charge in [-0.05, 0) is 47.5 Å². The van der Waals surface area contributed by atoms with E-state index in [9.17, 15) is 8.78 Å². The van der Waals surface area contributed by atoms with Crippen molar-refractivity contribution in [2.24, 2.45) is 4.99 Å². The van der Waals surface area contributed by atoms with Crippen molar-refractivity contribution in [3.63, 3.8) is 0 Å². The summed E-state index contributed by atoms with van der Waals surface area (Å²) in [5.41, 5.74) is 3.94. The average Bonchev–Trinajstić information content (AvgIpc) is 2.88. The monoisotopic (exact) mass is 415 g/mol. The number of rotatable bonds is 4. The Kier molecular flexibility index (Phi) is 5.64. The molecule has 1 aliphatic heterocycles. The maximum absolute atomic E-state index is 12.4. The van der Waals surface area contributed by atoms with Crippen LogP contribution in [0.5, 0.6) is 5.75 Å². The third-order valence-corrected chi connectivity index (χ3v) is 6.00. The first kappa shape index (κ1) is 19.0. The fraction of sp³-hybridized carbons (Fsp3) is 0.136. The Morgan fingerprint density at radius 2 is 1.68 bits per heavy atom. The second-order valence-corrected chi connectivity index (χ2v) is 7.97. The maximum atomic E-state index is 12.4. The van der Waals surface area contributed by atoms with Gasteiger partial charge < -0.3 is 4.74 Å². The van der Waals surface area contributed by atoms with Crippen LogP contribution in [-0.2, 0) is 0 Å². The zero-order valence-corrected chi connectivity index (χ0v) is 16.3. The van der Waals surface area contributed by atoms with E-state index in [2.05, 4.69) is 10.8 Å². The Labute approximate surface area is 171 Å². The van der Waals surface area contributed by atoms with E-state index in [0.717, 1.165) is 27.4 Å². The minimum atomic E-state index is -2.83. The quantitative estimate of drug-likeness (QED) is 0.446. The summed E-state index contributed by atoms with van der Waals surface area (Å²) >= 11 is 7.75. The molecule has 0 radical (unpaired) electrons. The summed E-state index contributed by atoms with van der Waals surface area (Å²) in [6.45, 7) is -2.83. The molecule has 0 saturated carbocycles. The fourth-order valence-corrected chi connectivity index (χ4v) is 4.44. The molecule has 1 heterocycles. The van der Waals surface area contributed by atoms with Gasteiger partial charge in [0.05, 0.1) is 5.69 Å². The number of halogens is 3. The number of nitrogens with zero attached hydrogens (tertiary/aromatic N) is 1. The van der Waals surface area contributed by atoms with Crippen molar-refractivity contribution in [2.75, 3.05) is 0 Å². The fourth-order valence-electron chi connectivity index (χ4n) is 3.09. The van der Waals surface area contributed by atoms with E-state index in [1.165, 1.54) is 0 Å². The van der Waals surface area contributed by atoms with Crippen molar-refractivity contribution in [1.82, 2.24) is 0 Å². The van der Waals surface area contributed by atoms with Crippen LogP contribution in [0.3, 0.4) is 0 Å². The number of fused-ring (bicyclic) bond motifs is 1. The summed E-state index contributed by atoms with van der Waals surface area (Å²) in [5.74, 6) is 0.157. The van der Waals surface area contributed by atoms with Crippen molar-refractivity contribution >= 4 is 34.8 Å². The van der Waals surface area contributed by atoms with E-state index in [1.807, 2.05) is 54.6 Å². The van der Waals surface area contributed by atoms with Crippen LogP contribution in [0.25, 0.3) is 0 Å². The van der Waals surface area contributed by atoms with Gasteiger partial charge in [0.25, 0.3) is 0 Å². The smallest absolute Gasteiger partial charge is 0.387 e. The Morgan fingerprint density at radius 1 is 0.964 bits per heavy atom. The summed E-state index contributed by atoms with van der Waals surface area (Å²) in [6, 6.07) is 22.5. The van der Waals surface area contributed by atoms with Crippen LogP contribution in [0.15, 0.2) is 82.7 Å². The highest BCUT2D eigenvalue weighted by Gasteiger charge is 2.22. The summed E-state index contributed by atoms with van der Waals surface area (Å²) < 4.78 is 29.3. The van der Waals surface area contributed by atoms with Gasteiger partial charge in [-0.2, -0.15) is 8.78 Å².